The minimum Gasteiger partial charge on any atom is -0.463 e. The molecule has 1 aromatic heterocycles. The maximum atomic E-state index is 12.9. The second kappa shape index (κ2) is 4.28. The molecule has 0 aliphatic carbocycles. The van der Waals surface area contributed by atoms with Gasteiger partial charge in [-0.2, -0.15) is 0 Å². The van der Waals surface area contributed by atoms with Gasteiger partial charge < -0.3 is 9.52 Å². The summed E-state index contributed by atoms with van der Waals surface area (Å²) >= 11 is 5.63. The Hall–Kier alpha value is -1.32. The largest absolute Gasteiger partial charge is 0.463 e. The Bertz CT molecular complexity index is 507. The third kappa shape index (κ3) is 2.10. The highest BCUT2D eigenvalue weighted by atomic mass is 35.5. The van der Waals surface area contributed by atoms with Crippen LogP contribution in [0.25, 0.3) is 0 Å². The van der Waals surface area contributed by atoms with E-state index in [2.05, 4.69) is 0 Å². The third-order valence-electron chi connectivity index (χ3n) is 2.29. The summed E-state index contributed by atoms with van der Waals surface area (Å²) in [6.45, 7) is 1.79. The monoisotopic (exact) mass is 240 g/mol. The normalized spacial score (nSPS) is 12.8. The van der Waals surface area contributed by atoms with E-state index in [-0.39, 0.29) is 5.02 Å². The van der Waals surface area contributed by atoms with Crippen molar-refractivity contribution >= 4 is 11.6 Å². The van der Waals surface area contributed by atoms with Crippen molar-refractivity contribution in [3.8, 4) is 0 Å². The van der Waals surface area contributed by atoms with Crippen molar-refractivity contribution in [1.82, 2.24) is 0 Å². The quantitative estimate of drug-likeness (QED) is 0.872. The molecule has 2 rings (SSSR count). The summed E-state index contributed by atoms with van der Waals surface area (Å²) in [5, 5.41) is 9.93. The molecule has 16 heavy (non-hydrogen) atoms. The second-order valence-electron chi connectivity index (χ2n) is 3.52. The van der Waals surface area contributed by atoms with Crippen molar-refractivity contribution < 1.29 is 13.9 Å². The summed E-state index contributed by atoms with van der Waals surface area (Å²) in [7, 11) is 0. The van der Waals surface area contributed by atoms with Gasteiger partial charge in [-0.15, -0.1) is 0 Å². The van der Waals surface area contributed by atoms with E-state index in [1.165, 1.54) is 18.2 Å². The lowest BCUT2D eigenvalue weighted by atomic mass is 10.1. The Morgan fingerprint density at radius 2 is 2.06 bits per heavy atom. The predicted octanol–water partition coefficient (Wildman–Crippen LogP) is 3.46. The zero-order chi connectivity index (χ0) is 11.7. The van der Waals surface area contributed by atoms with Gasteiger partial charge in [-0.25, -0.2) is 4.39 Å². The van der Waals surface area contributed by atoms with Gasteiger partial charge in [0.05, 0.1) is 5.02 Å². The number of hydrogen-bond donors (Lipinski definition) is 1. The summed E-state index contributed by atoms with van der Waals surface area (Å²) < 4.78 is 18.2. The zero-order valence-electron chi connectivity index (χ0n) is 8.58. The molecule has 1 aromatic carbocycles. The van der Waals surface area contributed by atoms with E-state index in [0.717, 1.165) is 0 Å². The Balaban J connectivity index is 2.33. The van der Waals surface area contributed by atoms with E-state index in [4.69, 9.17) is 16.0 Å². The lowest BCUT2D eigenvalue weighted by molar-refractivity contribution is 0.187. The first-order valence-electron chi connectivity index (χ1n) is 4.77. The Morgan fingerprint density at radius 1 is 1.31 bits per heavy atom. The molecule has 0 bridgehead atoms. The molecule has 0 aliphatic heterocycles. The molecule has 0 radical (unpaired) electrons. The molecule has 84 valence electrons. The molecule has 0 saturated heterocycles. The summed E-state index contributed by atoms with van der Waals surface area (Å²) in [5.74, 6) is 0.621. The summed E-state index contributed by atoms with van der Waals surface area (Å²) in [6, 6.07) is 7.51. The van der Waals surface area contributed by atoms with Crippen LogP contribution in [0.5, 0.6) is 0 Å². The highest BCUT2D eigenvalue weighted by molar-refractivity contribution is 6.30. The van der Waals surface area contributed by atoms with E-state index < -0.39 is 11.9 Å². The molecular formula is C12H10ClFO2. The van der Waals surface area contributed by atoms with Gasteiger partial charge in [0.1, 0.15) is 23.4 Å². The minimum atomic E-state index is -0.924. The van der Waals surface area contributed by atoms with Gasteiger partial charge >= 0.3 is 0 Å². The van der Waals surface area contributed by atoms with E-state index in [1.807, 2.05) is 0 Å². The first-order valence-corrected chi connectivity index (χ1v) is 5.15. The first kappa shape index (κ1) is 11.2. The van der Waals surface area contributed by atoms with Gasteiger partial charge in [0.2, 0.25) is 0 Å². The fourth-order valence-electron chi connectivity index (χ4n) is 1.45. The highest BCUT2D eigenvalue weighted by Crippen LogP contribution is 2.26. The van der Waals surface area contributed by atoms with Crippen molar-refractivity contribution in [3.63, 3.8) is 0 Å². The van der Waals surface area contributed by atoms with Crippen molar-refractivity contribution in [1.29, 1.82) is 0 Å². The number of hydrogen-bond acceptors (Lipinski definition) is 2. The van der Waals surface area contributed by atoms with E-state index in [0.29, 0.717) is 17.1 Å². The van der Waals surface area contributed by atoms with Crippen molar-refractivity contribution in [2.24, 2.45) is 0 Å². The number of aliphatic hydroxyl groups excluding tert-OH is 1. The molecule has 0 unspecified atom stereocenters. The molecular weight excluding hydrogens is 231 g/mol. The van der Waals surface area contributed by atoms with Gasteiger partial charge in [-0.1, -0.05) is 17.7 Å². The van der Waals surface area contributed by atoms with Gasteiger partial charge in [0.15, 0.2) is 0 Å². The zero-order valence-corrected chi connectivity index (χ0v) is 9.33. The lowest BCUT2D eigenvalue weighted by Gasteiger charge is -2.08. The first-order chi connectivity index (χ1) is 7.58. The van der Waals surface area contributed by atoms with Gasteiger partial charge in [-0.05, 0) is 36.8 Å². The van der Waals surface area contributed by atoms with Crippen LogP contribution in [0.1, 0.15) is 23.2 Å². The van der Waals surface area contributed by atoms with Crippen molar-refractivity contribution in [2.45, 2.75) is 13.0 Å². The van der Waals surface area contributed by atoms with Crippen LogP contribution in [0, 0.1) is 12.7 Å². The maximum absolute atomic E-state index is 12.9. The van der Waals surface area contributed by atoms with E-state index in [1.54, 1.807) is 19.1 Å². The third-order valence-corrected chi connectivity index (χ3v) is 2.58. The Morgan fingerprint density at radius 3 is 2.62 bits per heavy atom. The van der Waals surface area contributed by atoms with Crippen molar-refractivity contribution in [3.05, 3.63) is 58.3 Å². The standard InChI is InChI=1S/C12H10ClFO2/c1-7-2-5-11(16-7)12(15)8-3-4-10(14)9(13)6-8/h2-6,12,15H,1H3/t12-/m1/s1. The number of aryl methyl sites for hydroxylation is 1. The molecule has 1 N–H and O–H groups in total. The average Bonchev–Trinajstić information content (AvgIpc) is 2.68. The summed E-state index contributed by atoms with van der Waals surface area (Å²) in [5.41, 5.74) is 0.501. The van der Waals surface area contributed by atoms with Gasteiger partial charge in [0.25, 0.3) is 0 Å². The predicted molar refractivity (Wildman–Crippen MR) is 58.9 cm³/mol. The number of rotatable bonds is 2. The Kier molecular flexibility index (Phi) is 2.99. The molecule has 1 heterocycles. The van der Waals surface area contributed by atoms with E-state index in [9.17, 15) is 9.50 Å². The molecule has 4 heteroatoms. The average molecular weight is 241 g/mol. The molecule has 2 aromatic rings. The Labute approximate surface area is 97.3 Å². The molecule has 2 nitrogen and oxygen atoms in total. The lowest BCUT2D eigenvalue weighted by Crippen LogP contribution is -1.98. The molecule has 0 amide bonds. The van der Waals surface area contributed by atoms with Crippen LogP contribution in [-0.2, 0) is 0 Å². The molecule has 0 spiro atoms. The topological polar surface area (TPSA) is 33.4 Å². The fraction of sp³-hybridized carbons (Fsp3) is 0.167. The smallest absolute Gasteiger partial charge is 0.141 e. The second-order valence-corrected chi connectivity index (χ2v) is 3.93. The summed E-state index contributed by atoms with van der Waals surface area (Å²) in [4.78, 5) is 0. The molecule has 1 atom stereocenters. The number of aliphatic hydroxyl groups is 1. The number of furan rings is 1. The highest BCUT2D eigenvalue weighted by Gasteiger charge is 2.15. The molecule has 0 saturated carbocycles. The number of benzene rings is 1. The van der Waals surface area contributed by atoms with Crippen LogP contribution in [-0.4, -0.2) is 5.11 Å². The van der Waals surface area contributed by atoms with Crippen LogP contribution in [0.15, 0.2) is 34.7 Å². The molecule has 0 fully saturated rings. The van der Waals surface area contributed by atoms with Crippen LogP contribution < -0.4 is 0 Å². The minimum absolute atomic E-state index is 0.0140. The van der Waals surface area contributed by atoms with E-state index >= 15 is 0 Å². The van der Waals surface area contributed by atoms with Gasteiger partial charge in [-0.3, -0.25) is 0 Å². The van der Waals surface area contributed by atoms with Crippen LogP contribution in [0.2, 0.25) is 5.02 Å². The molecule has 0 aliphatic rings. The van der Waals surface area contributed by atoms with Crippen LogP contribution >= 0.6 is 11.6 Å². The number of halogens is 2. The van der Waals surface area contributed by atoms with Crippen molar-refractivity contribution in [2.75, 3.05) is 0 Å². The fourth-order valence-corrected chi connectivity index (χ4v) is 1.64. The van der Waals surface area contributed by atoms with Crippen LogP contribution in [0.3, 0.4) is 0 Å². The van der Waals surface area contributed by atoms with Crippen LogP contribution in [0.4, 0.5) is 4.39 Å². The SMILES string of the molecule is Cc1ccc([C@H](O)c2ccc(F)c(Cl)c2)o1. The summed E-state index contributed by atoms with van der Waals surface area (Å²) in [6.07, 6.45) is -0.924. The maximum Gasteiger partial charge on any atom is 0.141 e. The van der Waals surface area contributed by atoms with Gasteiger partial charge in [0, 0.05) is 0 Å².